The number of benzene rings is 1. The molecular formula is C12H11N5O. The second kappa shape index (κ2) is 3.69. The molecule has 3 rings (SSSR count). The molecule has 2 heterocycles. The molecule has 0 amide bonds. The van der Waals surface area contributed by atoms with Gasteiger partial charge in [0.15, 0.2) is 0 Å². The fourth-order valence-corrected chi connectivity index (χ4v) is 1.92. The molecule has 0 atom stereocenters. The van der Waals surface area contributed by atoms with Crippen molar-refractivity contribution in [2.45, 2.75) is 6.92 Å². The maximum atomic E-state index is 11.7. The van der Waals surface area contributed by atoms with Crippen LogP contribution in [0.15, 0.2) is 35.1 Å². The topological polar surface area (TPSA) is 89.6 Å². The number of H-pyrrole nitrogens is 1. The molecule has 90 valence electrons. The first-order valence-electron chi connectivity index (χ1n) is 5.47. The Morgan fingerprint density at radius 3 is 2.67 bits per heavy atom. The molecule has 6 heteroatoms. The number of aromatic nitrogens is 4. The highest BCUT2D eigenvalue weighted by molar-refractivity contribution is 5.90. The van der Waals surface area contributed by atoms with Gasteiger partial charge in [0.05, 0.1) is 11.4 Å². The van der Waals surface area contributed by atoms with Crippen molar-refractivity contribution < 1.29 is 0 Å². The van der Waals surface area contributed by atoms with Gasteiger partial charge in [-0.15, -0.1) is 0 Å². The Morgan fingerprint density at radius 1 is 1.28 bits per heavy atom. The van der Waals surface area contributed by atoms with Crippen molar-refractivity contribution in [2.75, 3.05) is 5.73 Å². The van der Waals surface area contributed by atoms with Crippen LogP contribution in [0.1, 0.15) is 5.69 Å². The van der Waals surface area contributed by atoms with Gasteiger partial charge in [-0.05, 0) is 19.1 Å². The van der Waals surface area contributed by atoms with Gasteiger partial charge in [-0.1, -0.05) is 18.2 Å². The largest absolute Gasteiger partial charge is 0.383 e. The van der Waals surface area contributed by atoms with Gasteiger partial charge in [0.25, 0.3) is 5.56 Å². The minimum absolute atomic E-state index is 0.322. The molecule has 0 radical (unpaired) electrons. The highest BCUT2D eigenvalue weighted by Crippen LogP contribution is 2.21. The Labute approximate surface area is 102 Å². The van der Waals surface area contributed by atoms with Gasteiger partial charge in [-0.25, -0.2) is 9.78 Å². The number of nitrogens with one attached hydrogen (secondary N) is 1. The van der Waals surface area contributed by atoms with Gasteiger partial charge in [-0.2, -0.15) is 10.2 Å². The molecule has 0 saturated carbocycles. The average Bonchev–Trinajstić information content (AvgIpc) is 2.74. The van der Waals surface area contributed by atoms with Crippen molar-refractivity contribution >= 4 is 16.7 Å². The minimum atomic E-state index is -0.324. The van der Waals surface area contributed by atoms with Gasteiger partial charge in [-0.3, -0.25) is 4.79 Å². The zero-order valence-corrected chi connectivity index (χ0v) is 9.71. The van der Waals surface area contributed by atoms with E-state index >= 15 is 0 Å². The predicted octanol–water partition coefficient (Wildman–Crippen LogP) is 0.999. The first-order chi connectivity index (χ1) is 8.68. The number of anilines is 1. The van der Waals surface area contributed by atoms with E-state index in [0.717, 1.165) is 5.69 Å². The summed E-state index contributed by atoms with van der Waals surface area (Å²) in [6.45, 7) is 1.78. The van der Waals surface area contributed by atoms with Crippen LogP contribution in [0.25, 0.3) is 16.6 Å². The molecule has 6 nitrogen and oxygen atoms in total. The van der Waals surface area contributed by atoms with E-state index in [-0.39, 0.29) is 5.56 Å². The number of rotatable bonds is 1. The van der Waals surface area contributed by atoms with Crippen LogP contribution >= 0.6 is 0 Å². The van der Waals surface area contributed by atoms with Gasteiger partial charge >= 0.3 is 0 Å². The first-order valence-corrected chi connectivity index (χ1v) is 5.47. The number of aryl methyl sites for hydroxylation is 1. The quantitative estimate of drug-likeness (QED) is 0.665. The Bertz CT molecular complexity index is 772. The SMILES string of the molecule is Cc1n[nH]c(=O)c2c(N)n(-c3ccccc3)nc12. The molecular weight excluding hydrogens is 230 g/mol. The number of hydrogen-bond acceptors (Lipinski definition) is 4. The number of nitrogens with two attached hydrogens (primary N) is 1. The smallest absolute Gasteiger partial charge is 0.277 e. The zero-order chi connectivity index (χ0) is 12.7. The van der Waals surface area contributed by atoms with Crippen molar-refractivity contribution in [1.29, 1.82) is 0 Å². The maximum absolute atomic E-state index is 11.7. The number of aromatic amines is 1. The Hall–Kier alpha value is -2.63. The average molecular weight is 241 g/mol. The number of fused-ring (bicyclic) bond motifs is 1. The molecule has 1 aromatic carbocycles. The summed E-state index contributed by atoms with van der Waals surface area (Å²) in [4.78, 5) is 11.7. The minimum Gasteiger partial charge on any atom is -0.383 e. The fourth-order valence-electron chi connectivity index (χ4n) is 1.92. The van der Waals surface area contributed by atoms with Crippen LogP contribution in [0.3, 0.4) is 0 Å². The predicted molar refractivity (Wildman–Crippen MR) is 68.6 cm³/mol. The normalized spacial score (nSPS) is 10.9. The molecule has 3 N–H and O–H groups in total. The van der Waals surface area contributed by atoms with Crippen molar-refractivity contribution in [3.8, 4) is 5.69 Å². The van der Waals surface area contributed by atoms with Crippen LogP contribution in [0.5, 0.6) is 0 Å². The van der Waals surface area contributed by atoms with Crippen LogP contribution < -0.4 is 11.3 Å². The molecule has 0 saturated heterocycles. The standard InChI is InChI=1S/C12H11N5O/c1-7-10-9(12(18)15-14-7)11(13)17(16-10)8-5-3-2-4-6-8/h2-6H,13H2,1H3,(H,15,18). The third-order valence-corrected chi connectivity index (χ3v) is 2.82. The lowest BCUT2D eigenvalue weighted by Crippen LogP contribution is -2.10. The van der Waals surface area contributed by atoms with E-state index in [2.05, 4.69) is 15.3 Å². The monoisotopic (exact) mass is 241 g/mol. The Balaban J connectivity index is 2.40. The van der Waals surface area contributed by atoms with Crippen LogP contribution in [0.4, 0.5) is 5.82 Å². The maximum Gasteiger partial charge on any atom is 0.277 e. The summed E-state index contributed by atoms with van der Waals surface area (Å²) in [5.41, 5.74) is 7.65. The van der Waals surface area contributed by atoms with E-state index in [4.69, 9.17) is 5.73 Å². The molecule has 0 aliphatic heterocycles. The van der Waals surface area contributed by atoms with Gasteiger partial charge in [0.2, 0.25) is 0 Å². The molecule has 0 fully saturated rings. The van der Waals surface area contributed by atoms with Crippen LogP contribution in [0, 0.1) is 6.92 Å². The molecule has 0 unspecified atom stereocenters. The molecule has 0 aliphatic rings. The van der Waals surface area contributed by atoms with Crippen LogP contribution in [0.2, 0.25) is 0 Å². The summed E-state index contributed by atoms with van der Waals surface area (Å²) < 4.78 is 1.55. The summed E-state index contributed by atoms with van der Waals surface area (Å²) in [5, 5.41) is 11.0. The molecule has 0 spiro atoms. The summed E-state index contributed by atoms with van der Waals surface area (Å²) in [6.07, 6.45) is 0. The Kier molecular flexibility index (Phi) is 2.16. The summed E-state index contributed by atoms with van der Waals surface area (Å²) in [6, 6.07) is 9.42. The highest BCUT2D eigenvalue weighted by Gasteiger charge is 2.15. The van der Waals surface area contributed by atoms with E-state index in [9.17, 15) is 4.79 Å². The summed E-state index contributed by atoms with van der Waals surface area (Å²) in [5.74, 6) is 0.322. The second-order valence-electron chi connectivity index (χ2n) is 3.99. The Morgan fingerprint density at radius 2 is 2.00 bits per heavy atom. The van der Waals surface area contributed by atoms with Gasteiger partial charge in [0, 0.05) is 0 Å². The van der Waals surface area contributed by atoms with E-state index in [1.807, 2.05) is 30.3 Å². The van der Waals surface area contributed by atoms with Crippen molar-refractivity contribution in [3.63, 3.8) is 0 Å². The number of hydrogen-bond donors (Lipinski definition) is 2. The molecule has 0 bridgehead atoms. The molecule has 0 aliphatic carbocycles. The molecule has 3 aromatic rings. The molecule has 2 aromatic heterocycles. The summed E-state index contributed by atoms with van der Waals surface area (Å²) in [7, 11) is 0. The third kappa shape index (κ3) is 1.39. The zero-order valence-electron chi connectivity index (χ0n) is 9.71. The van der Waals surface area contributed by atoms with Crippen LogP contribution in [-0.4, -0.2) is 20.0 Å². The van der Waals surface area contributed by atoms with E-state index < -0.39 is 0 Å². The summed E-state index contributed by atoms with van der Waals surface area (Å²) >= 11 is 0. The van der Waals surface area contributed by atoms with E-state index in [0.29, 0.717) is 22.4 Å². The van der Waals surface area contributed by atoms with Gasteiger partial charge in [0.1, 0.15) is 16.7 Å². The van der Waals surface area contributed by atoms with Gasteiger partial charge < -0.3 is 5.73 Å². The highest BCUT2D eigenvalue weighted by atomic mass is 16.1. The van der Waals surface area contributed by atoms with E-state index in [1.165, 1.54) is 0 Å². The van der Waals surface area contributed by atoms with Crippen LogP contribution in [-0.2, 0) is 0 Å². The lowest BCUT2D eigenvalue weighted by molar-refractivity contribution is 0.899. The fraction of sp³-hybridized carbons (Fsp3) is 0.0833. The lowest BCUT2D eigenvalue weighted by Gasteiger charge is -2.02. The van der Waals surface area contributed by atoms with Crippen molar-refractivity contribution in [3.05, 3.63) is 46.4 Å². The van der Waals surface area contributed by atoms with Crippen molar-refractivity contribution in [2.24, 2.45) is 0 Å². The molecule has 18 heavy (non-hydrogen) atoms. The number of nitrogens with zero attached hydrogens (tertiary/aromatic N) is 3. The lowest BCUT2D eigenvalue weighted by atomic mass is 10.3. The number of nitrogen functional groups attached to an aromatic ring is 1. The van der Waals surface area contributed by atoms with Crippen molar-refractivity contribution in [1.82, 2.24) is 20.0 Å². The van der Waals surface area contributed by atoms with E-state index in [1.54, 1.807) is 11.6 Å². The first kappa shape index (κ1) is 10.5. The third-order valence-electron chi connectivity index (χ3n) is 2.82. The number of para-hydroxylation sites is 1. The second-order valence-corrected chi connectivity index (χ2v) is 3.99.